The molecule has 1 unspecified atom stereocenters. The Labute approximate surface area is 84.9 Å². The van der Waals surface area contributed by atoms with Crippen LogP contribution in [0.3, 0.4) is 0 Å². The van der Waals surface area contributed by atoms with Gasteiger partial charge in [-0.25, -0.2) is 5.09 Å². The molecular weight excluding hydrogens is 201 g/mol. The van der Waals surface area contributed by atoms with Crippen LogP contribution in [0.25, 0.3) is 0 Å². The smallest absolute Gasteiger partial charge is 0.298 e. The molecule has 5 heteroatoms. The largest absolute Gasteiger partial charge is 0.381 e. The highest BCUT2D eigenvalue weighted by Crippen LogP contribution is 2.52. The van der Waals surface area contributed by atoms with Crippen LogP contribution in [0.2, 0.25) is 0 Å². The molecule has 0 amide bonds. The number of nitrogens with one attached hydrogen (secondary N) is 1. The molecule has 0 aliphatic carbocycles. The van der Waals surface area contributed by atoms with Crippen LogP contribution < -0.4 is 5.09 Å². The highest BCUT2D eigenvalue weighted by Gasteiger charge is 2.39. The minimum absolute atomic E-state index is 0.0613. The molecular formula is C9H18NO3P. The quantitative estimate of drug-likeness (QED) is 0.560. The zero-order valence-corrected chi connectivity index (χ0v) is 9.54. The summed E-state index contributed by atoms with van der Waals surface area (Å²) in [5.74, 6) is -1.23. The Morgan fingerprint density at radius 1 is 1.79 bits per heavy atom. The Hall–Kier alpha value is -0.150. The van der Waals surface area contributed by atoms with Crippen molar-refractivity contribution in [2.45, 2.75) is 32.2 Å². The SMILES string of the molecule is C=CC(C)[C@@H](O)[P@]1(=O)NCC[C@H](C)O1. The van der Waals surface area contributed by atoms with Gasteiger partial charge in [-0.15, -0.1) is 6.58 Å². The molecule has 0 spiro atoms. The van der Waals surface area contributed by atoms with Crippen molar-refractivity contribution in [2.75, 3.05) is 6.54 Å². The summed E-state index contributed by atoms with van der Waals surface area (Å²) in [4.78, 5) is 0. The monoisotopic (exact) mass is 219 g/mol. The predicted octanol–water partition coefficient (Wildman–Crippen LogP) is 1.72. The van der Waals surface area contributed by atoms with Crippen molar-refractivity contribution in [1.29, 1.82) is 0 Å². The third-order valence-electron chi connectivity index (χ3n) is 2.41. The van der Waals surface area contributed by atoms with Crippen LogP contribution in [0.5, 0.6) is 0 Å². The van der Waals surface area contributed by atoms with Gasteiger partial charge in [0.2, 0.25) is 0 Å². The lowest BCUT2D eigenvalue weighted by molar-refractivity contribution is 0.133. The van der Waals surface area contributed by atoms with Crippen LogP contribution in [-0.2, 0) is 9.09 Å². The average molecular weight is 219 g/mol. The van der Waals surface area contributed by atoms with Gasteiger partial charge in [-0.3, -0.25) is 4.57 Å². The van der Waals surface area contributed by atoms with E-state index in [-0.39, 0.29) is 12.0 Å². The summed E-state index contributed by atoms with van der Waals surface area (Å²) in [6.07, 6.45) is 2.34. The zero-order valence-electron chi connectivity index (χ0n) is 8.64. The van der Waals surface area contributed by atoms with E-state index in [0.29, 0.717) is 6.54 Å². The standard InChI is InChI=1S/C9H18NO3P/c1-4-7(2)9(11)14(12)10-6-5-8(3)13-14/h4,7-9,11H,1,5-6H2,2-3H3,(H,10,12)/t7?,8-,9-,14+/m0/s1. The lowest BCUT2D eigenvalue weighted by Crippen LogP contribution is -2.34. The normalized spacial score (nSPS) is 37.5. The van der Waals surface area contributed by atoms with E-state index in [0.717, 1.165) is 6.42 Å². The number of aliphatic hydroxyl groups excluding tert-OH is 1. The molecule has 1 heterocycles. The van der Waals surface area contributed by atoms with Gasteiger partial charge in [0, 0.05) is 12.5 Å². The van der Waals surface area contributed by atoms with Gasteiger partial charge in [-0.1, -0.05) is 13.0 Å². The first-order valence-corrected chi connectivity index (χ1v) is 6.53. The maximum absolute atomic E-state index is 12.1. The number of hydrogen-bond donors (Lipinski definition) is 2. The molecule has 1 fully saturated rings. The molecule has 0 bridgehead atoms. The van der Waals surface area contributed by atoms with Gasteiger partial charge in [-0.05, 0) is 13.3 Å². The van der Waals surface area contributed by atoms with Crippen molar-refractivity contribution >= 4 is 7.52 Å². The summed E-state index contributed by atoms with van der Waals surface area (Å²) in [7, 11) is -3.10. The topological polar surface area (TPSA) is 58.6 Å². The van der Waals surface area contributed by atoms with E-state index < -0.39 is 13.4 Å². The molecule has 82 valence electrons. The van der Waals surface area contributed by atoms with Gasteiger partial charge in [0.1, 0.15) is 5.85 Å². The molecule has 1 aliphatic rings. The summed E-state index contributed by atoms with van der Waals surface area (Å²) >= 11 is 0. The molecule has 0 aromatic heterocycles. The van der Waals surface area contributed by atoms with E-state index in [1.165, 1.54) is 0 Å². The van der Waals surface area contributed by atoms with Gasteiger partial charge >= 0.3 is 0 Å². The fourth-order valence-corrected chi connectivity index (χ4v) is 3.58. The molecule has 0 aromatic rings. The summed E-state index contributed by atoms with van der Waals surface area (Å²) in [6.45, 7) is 7.81. The molecule has 14 heavy (non-hydrogen) atoms. The molecule has 0 radical (unpaired) electrons. The fraction of sp³-hybridized carbons (Fsp3) is 0.778. The Morgan fingerprint density at radius 2 is 2.43 bits per heavy atom. The number of hydrogen-bond acceptors (Lipinski definition) is 3. The maximum atomic E-state index is 12.1. The van der Waals surface area contributed by atoms with Gasteiger partial charge in [0.05, 0.1) is 6.10 Å². The fourth-order valence-electron chi connectivity index (χ4n) is 1.37. The number of aliphatic hydroxyl groups is 1. The van der Waals surface area contributed by atoms with Gasteiger partial charge in [0.15, 0.2) is 0 Å². The Morgan fingerprint density at radius 3 is 2.93 bits per heavy atom. The summed E-state index contributed by atoms with van der Waals surface area (Å²) in [5.41, 5.74) is 0. The van der Waals surface area contributed by atoms with Crippen LogP contribution in [0.15, 0.2) is 12.7 Å². The molecule has 1 rings (SSSR count). The second-order valence-electron chi connectivity index (χ2n) is 3.72. The van der Waals surface area contributed by atoms with E-state index in [1.54, 1.807) is 13.0 Å². The van der Waals surface area contributed by atoms with E-state index in [2.05, 4.69) is 11.7 Å². The maximum Gasteiger partial charge on any atom is 0.298 e. The molecule has 0 aromatic carbocycles. The van der Waals surface area contributed by atoms with E-state index in [1.807, 2.05) is 6.92 Å². The lowest BCUT2D eigenvalue weighted by Gasteiger charge is -2.33. The Bertz CT molecular complexity index is 256. The Kier molecular flexibility index (Phi) is 3.90. The van der Waals surface area contributed by atoms with E-state index in [9.17, 15) is 9.67 Å². The van der Waals surface area contributed by atoms with Crippen LogP contribution in [0, 0.1) is 5.92 Å². The summed E-state index contributed by atoms with van der Waals surface area (Å²) in [6, 6.07) is 0. The van der Waals surface area contributed by atoms with Crippen molar-refractivity contribution in [2.24, 2.45) is 5.92 Å². The average Bonchev–Trinajstić information content (AvgIpc) is 2.15. The minimum Gasteiger partial charge on any atom is -0.381 e. The van der Waals surface area contributed by atoms with Crippen LogP contribution in [-0.4, -0.2) is 23.6 Å². The van der Waals surface area contributed by atoms with Gasteiger partial charge in [0.25, 0.3) is 7.52 Å². The van der Waals surface area contributed by atoms with E-state index in [4.69, 9.17) is 4.52 Å². The van der Waals surface area contributed by atoms with Crippen molar-refractivity contribution in [3.63, 3.8) is 0 Å². The van der Waals surface area contributed by atoms with Crippen molar-refractivity contribution in [3.8, 4) is 0 Å². The highest BCUT2D eigenvalue weighted by molar-refractivity contribution is 7.57. The van der Waals surface area contributed by atoms with Crippen molar-refractivity contribution in [1.82, 2.24) is 5.09 Å². The van der Waals surface area contributed by atoms with Crippen LogP contribution in [0.4, 0.5) is 0 Å². The molecule has 1 saturated heterocycles. The molecule has 4 nitrogen and oxygen atoms in total. The predicted molar refractivity (Wildman–Crippen MR) is 56.1 cm³/mol. The van der Waals surface area contributed by atoms with E-state index >= 15 is 0 Å². The first kappa shape index (κ1) is 11.9. The molecule has 2 N–H and O–H groups in total. The third-order valence-corrected chi connectivity index (χ3v) is 4.91. The minimum atomic E-state index is -3.10. The highest BCUT2D eigenvalue weighted by atomic mass is 31.2. The third kappa shape index (κ3) is 2.45. The molecule has 0 saturated carbocycles. The van der Waals surface area contributed by atoms with Gasteiger partial charge in [-0.2, -0.15) is 0 Å². The summed E-state index contributed by atoms with van der Waals surface area (Å²) < 4.78 is 17.4. The molecule has 4 atom stereocenters. The Balaban J connectivity index is 2.72. The van der Waals surface area contributed by atoms with Crippen molar-refractivity contribution in [3.05, 3.63) is 12.7 Å². The first-order valence-electron chi connectivity index (χ1n) is 4.83. The van der Waals surface area contributed by atoms with Gasteiger partial charge < -0.3 is 9.63 Å². The zero-order chi connectivity index (χ0) is 10.8. The summed E-state index contributed by atoms with van der Waals surface area (Å²) in [5, 5.41) is 12.6. The second kappa shape index (κ2) is 4.58. The second-order valence-corrected chi connectivity index (χ2v) is 5.97. The van der Waals surface area contributed by atoms with Crippen LogP contribution in [0.1, 0.15) is 20.3 Å². The number of rotatable bonds is 3. The molecule has 1 aliphatic heterocycles. The van der Waals surface area contributed by atoms with Crippen molar-refractivity contribution < 1.29 is 14.2 Å². The van der Waals surface area contributed by atoms with Crippen LogP contribution >= 0.6 is 7.52 Å². The lowest BCUT2D eigenvalue weighted by atomic mass is 10.2. The first-order chi connectivity index (χ1) is 6.49.